The molecule has 10 heteroatoms. The van der Waals surface area contributed by atoms with E-state index in [1.807, 2.05) is 6.92 Å². The maximum atomic E-state index is 12.6. The van der Waals surface area contributed by atoms with Crippen molar-refractivity contribution in [1.82, 2.24) is 4.83 Å². The zero-order chi connectivity index (χ0) is 21.1. The monoisotopic (exact) mass is 407 g/mol. The number of benzene rings is 2. The normalized spacial score (nSPS) is 11.5. The third kappa shape index (κ3) is 4.39. The molecule has 0 amide bonds. The Hall–Kier alpha value is -3.14. The van der Waals surface area contributed by atoms with E-state index < -0.39 is 14.9 Å². The van der Waals surface area contributed by atoms with Crippen LogP contribution in [-0.2, 0) is 10.0 Å². The molecule has 0 aromatic heterocycles. The van der Waals surface area contributed by atoms with Gasteiger partial charge < -0.3 is 9.47 Å². The van der Waals surface area contributed by atoms with E-state index in [2.05, 4.69) is 9.93 Å². The number of hydrogen-bond donors (Lipinski definition) is 1. The summed E-state index contributed by atoms with van der Waals surface area (Å²) in [6.45, 7) is 5.29. The Balaban J connectivity index is 2.37. The minimum absolute atomic E-state index is 0.0314. The number of nitrogens with zero attached hydrogens (tertiary/aromatic N) is 2. The smallest absolute Gasteiger partial charge is 0.315 e. The van der Waals surface area contributed by atoms with Crippen molar-refractivity contribution < 1.29 is 22.8 Å². The lowest BCUT2D eigenvalue weighted by Crippen LogP contribution is -2.20. The molecule has 2 aromatic rings. The second-order valence-corrected chi connectivity index (χ2v) is 7.71. The number of aryl methyl sites for hydroxylation is 3. The summed E-state index contributed by atoms with van der Waals surface area (Å²) in [6, 6.07) is 6.19. The first kappa shape index (κ1) is 21.2. The standard InChI is InChI=1S/C18H21N3O6S/c1-11-6-12(2)18(13(3)7-11)28(24,25)20-19-10-14-8-15(21(22)23)17(27-5)16(9-14)26-4/h6-10,20H,1-5H3/b19-10+. The molecule has 2 aromatic carbocycles. The Morgan fingerprint density at radius 3 is 2.18 bits per heavy atom. The molecular weight excluding hydrogens is 386 g/mol. The van der Waals surface area contributed by atoms with Gasteiger partial charge in [0.1, 0.15) is 0 Å². The van der Waals surface area contributed by atoms with Gasteiger partial charge in [-0.2, -0.15) is 13.5 Å². The molecule has 0 aliphatic carbocycles. The van der Waals surface area contributed by atoms with E-state index in [9.17, 15) is 18.5 Å². The van der Waals surface area contributed by atoms with Gasteiger partial charge in [0.2, 0.25) is 5.75 Å². The zero-order valence-corrected chi connectivity index (χ0v) is 17.0. The molecule has 0 aliphatic heterocycles. The fourth-order valence-electron chi connectivity index (χ4n) is 2.98. The van der Waals surface area contributed by atoms with Crippen molar-refractivity contribution in [2.75, 3.05) is 14.2 Å². The average Bonchev–Trinajstić information content (AvgIpc) is 2.59. The summed E-state index contributed by atoms with van der Waals surface area (Å²) in [4.78, 5) is 12.9. The van der Waals surface area contributed by atoms with Crippen molar-refractivity contribution in [3.8, 4) is 11.5 Å². The number of sulfonamides is 1. The number of nitro groups is 1. The summed E-state index contributed by atoms with van der Waals surface area (Å²) in [5.74, 6) is 0.0994. The number of rotatable bonds is 7. The molecule has 0 heterocycles. The van der Waals surface area contributed by atoms with Crippen LogP contribution in [0.15, 0.2) is 34.3 Å². The third-order valence-electron chi connectivity index (χ3n) is 3.94. The van der Waals surface area contributed by atoms with Crippen molar-refractivity contribution in [3.63, 3.8) is 0 Å². The molecule has 0 unspecified atom stereocenters. The molecule has 0 bridgehead atoms. The number of nitro benzene ring substituents is 1. The largest absolute Gasteiger partial charge is 0.493 e. The van der Waals surface area contributed by atoms with Crippen LogP contribution in [0.2, 0.25) is 0 Å². The van der Waals surface area contributed by atoms with E-state index in [4.69, 9.17) is 9.47 Å². The first-order valence-electron chi connectivity index (χ1n) is 8.13. The zero-order valence-electron chi connectivity index (χ0n) is 16.1. The molecule has 0 saturated carbocycles. The van der Waals surface area contributed by atoms with E-state index in [1.54, 1.807) is 26.0 Å². The van der Waals surface area contributed by atoms with Gasteiger partial charge in [0.05, 0.1) is 30.3 Å². The molecule has 0 fully saturated rings. The molecule has 0 spiro atoms. The number of nitrogens with one attached hydrogen (secondary N) is 1. The molecule has 0 saturated heterocycles. The fourth-order valence-corrected chi connectivity index (χ4v) is 4.23. The second kappa shape index (κ2) is 8.26. The van der Waals surface area contributed by atoms with Gasteiger partial charge in [-0.1, -0.05) is 17.7 Å². The van der Waals surface area contributed by atoms with Crippen molar-refractivity contribution >= 4 is 21.9 Å². The topological polar surface area (TPSA) is 120 Å². The number of hydrogen-bond acceptors (Lipinski definition) is 7. The van der Waals surface area contributed by atoms with Gasteiger partial charge in [-0.3, -0.25) is 10.1 Å². The summed E-state index contributed by atoms with van der Waals surface area (Å²) in [7, 11) is -1.27. The summed E-state index contributed by atoms with van der Waals surface area (Å²) in [6.07, 6.45) is 1.16. The highest BCUT2D eigenvalue weighted by atomic mass is 32.2. The van der Waals surface area contributed by atoms with Crippen LogP contribution in [-0.4, -0.2) is 33.8 Å². The predicted molar refractivity (Wildman–Crippen MR) is 105 cm³/mol. The van der Waals surface area contributed by atoms with E-state index >= 15 is 0 Å². The summed E-state index contributed by atoms with van der Waals surface area (Å²) in [5.41, 5.74) is 2.10. The Morgan fingerprint density at radius 1 is 1.07 bits per heavy atom. The Morgan fingerprint density at radius 2 is 1.68 bits per heavy atom. The van der Waals surface area contributed by atoms with E-state index in [0.29, 0.717) is 11.1 Å². The van der Waals surface area contributed by atoms with Gasteiger partial charge in [-0.15, -0.1) is 0 Å². The maximum absolute atomic E-state index is 12.6. The van der Waals surface area contributed by atoms with Gasteiger partial charge in [0, 0.05) is 11.6 Å². The molecule has 0 atom stereocenters. The van der Waals surface area contributed by atoms with Gasteiger partial charge in [0.15, 0.2) is 5.75 Å². The third-order valence-corrected chi connectivity index (χ3v) is 5.47. The van der Waals surface area contributed by atoms with Crippen molar-refractivity contribution in [2.24, 2.45) is 5.10 Å². The Kier molecular flexibility index (Phi) is 6.24. The molecule has 0 radical (unpaired) electrons. The van der Waals surface area contributed by atoms with Crippen LogP contribution in [0.4, 0.5) is 5.69 Å². The highest BCUT2D eigenvalue weighted by Gasteiger charge is 2.22. The highest BCUT2D eigenvalue weighted by molar-refractivity contribution is 7.89. The van der Waals surface area contributed by atoms with Crippen LogP contribution in [0.3, 0.4) is 0 Å². The van der Waals surface area contributed by atoms with Crippen LogP contribution >= 0.6 is 0 Å². The molecule has 150 valence electrons. The van der Waals surface area contributed by atoms with Crippen molar-refractivity contribution in [1.29, 1.82) is 0 Å². The lowest BCUT2D eigenvalue weighted by Gasteiger charge is -2.11. The first-order valence-corrected chi connectivity index (χ1v) is 9.62. The maximum Gasteiger partial charge on any atom is 0.315 e. The minimum atomic E-state index is -3.90. The SMILES string of the molecule is COc1cc(/C=N/NS(=O)(=O)c2c(C)cc(C)cc2C)cc([N+](=O)[O-])c1OC. The summed E-state index contributed by atoms with van der Waals surface area (Å²) >= 11 is 0. The Bertz CT molecular complexity index is 1020. The van der Waals surface area contributed by atoms with Gasteiger partial charge in [-0.05, 0) is 38.0 Å². The molecular formula is C18H21N3O6S. The van der Waals surface area contributed by atoms with Crippen molar-refractivity contribution in [2.45, 2.75) is 25.7 Å². The molecule has 9 nitrogen and oxygen atoms in total. The quantitative estimate of drug-likeness (QED) is 0.428. The number of hydrazone groups is 1. The lowest BCUT2D eigenvalue weighted by molar-refractivity contribution is -0.385. The van der Waals surface area contributed by atoms with Crippen LogP contribution in [0.5, 0.6) is 11.5 Å². The van der Waals surface area contributed by atoms with E-state index in [0.717, 1.165) is 11.8 Å². The number of ether oxygens (including phenoxy) is 2. The molecule has 1 N–H and O–H groups in total. The summed E-state index contributed by atoms with van der Waals surface area (Å²) in [5, 5.41) is 15.0. The van der Waals surface area contributed by atoms with E-state index in [1.165, 1.54) is 26.4 Å². The predicted octanol–water partition coefficient (Wildman–Crippen LogP) is 2.85. The minimum Gasteiger partial charge on any atom is -0.493 e. The molecule has 0 aliphatic rings. The summed E-state index contributed by atoms with van der Waals surface area (Å²) < 4.78 is 35.3. The van der Waals surface area contributed by atoms with Crippen LogP contribution in [0.1, 0.15) is 22.3 Å². The Labute approximate surface area is 163 Å². The molecule has 28 heavy (non-hydrogen) atoms. The van der Waals surface area contributed by atoms with E-state index in [-0.39, 0.29) is 27.6 Å². The van der Waals surface area contributed by atoms with Crippen LogP contribution < -0.4 is 14.3 Å². The van der Waals surface area contributed by atoms with Crippen LogP contribution in [0.25, 0.3) is 0 Å². The second-order valence-electron chi connectivity index (χ2n) is 6.11. The van der Waals surface area contributed by atoms with Gasteiger partial charge >= 0.3 is 5.69 Å². The fraction of sp³-hybridized carbons (Fsp3) is 0.278. The highest BCUT2D eigenvalue weighted by Crippen LogP contribution is 2.37. The van der Waals surface area contributed by atoms with Gasteiger partial charge in [0.25, 0.3) is 10.0 Å². The van der Waals surface area contributed by atoms with Gasteiger partial charge in [-0.25, -0.2) is 4.83 Å². The average molecular weight is 407 g/mol. The van der Waals surface area contributed by atoms with Crippen molar-refractivity contribution in [3.05, 3.63) is 56.6 Å². The first-order chi connectivity index (χ1) is 13.1. The number of methoxy groups -OCH3 is 2. The molecule has 2 rings (SSSR count). The lowest BCUT2D eigenvalue weighted by atomic mass is 10.1. The van der Waals surface area contributed by atoms with Crippen LogP contribution in [0, 0.1) is 30.9 Å².